The largest absolute Gasteiger partial charge is 0.756 e. The van der Waals surface area contributed by atoms with Gasteiger partial charge in [0.15, 0.2) is 0 Å². The van der Waals surface area contributed by atoms with Crippen LogP contribution in [0.4, 0.5) is 4.79 Å². The normalized spacial score (nSPS) is 13.9. The highest BCUT2D eigenvalue weighted by molar-refractivity contribution is 7.46. The fraction of sp³-hybridized carbons (Fsp3) is 0.869. The second kappa shape index (κ2) is 76.7. The van der Waals surface area contributed by atoms with Crippen LogP contribution in [0.2, 0.25) is 0 Å². The van der Waals surface area contributed by atoms with Crippen molar-refractivity contribution in [3.05, 3.63) is 24.3 Å². The SMILES string of the molecule is CCCCCC/C=C\CCCC(=O)OC(CCCCCCC)CCOCC(COP(=O)([O-])OCCNC(=O)NCCOP(=O)([O-])OCC(COCCC(CCCCCCC)OC(=O)CCC/C=C\CCCCCC)NC(=O)CC(=O)CCCCCCCCCCCC)NC(=O)CC(=O)CCCCCCCCCCC. The third-order valence-electron chi connectivity index (χ3n) is 18.9. The zero-order valence-electron chi connectivity index (χ0n) is 69.3. The van der Waals surface area contributed by atoms with Crippen molar-refractivity contribution < 1.29 is 89.5 Å². The van der Waals surface area contributed by atoms with E-state index in [1.165, 1.54) is 103 Å². The molecule has 638 valence electrons. The summed E-state index contributed by atoms with van der Waals surface area (Å²) >= 11 is 0. The van der Waals surface area contributed by atoms with Crippen molar-refractivity contribution in [1.82, 2.24) is 21.3 Å². The molecule has 4 amide bonds. The molecule has 109 heavy (non-hydrogen) atoms. The number of esters is 2. The number of hydrogen-bond donors (Lipinski definition) is 4. The van der Waals surface area contributed by atoms with Crippen LogP contribution < -0.4 is 31.1 Å². The second-order valence-corrected chi connectivity index (χ2v) is 32.4. The van der Waals surface area contributed by atoms with Gasteiger partial charge in [-0.25, -0.2) is 4.79 Å². The molecule has 0 aliphatic rings. The van der Waals surface area contributed by atoms with E-state index in [0.717, 1.165) is 148 Å². The zero-order valence-corrected chi connectivity index (χ0v) is 71.1. The van der Waals surface area contributed by atoms with Crippen LogP contribution >= 0.6 is 15.6 Å². The molecule has 0 saturated heterocycles. The van der Waals surface area contributed by atoms with Crippen LogP contribution in [0.3, 0.4) is 0 Å². The van der Waals surface area contributed by atoms with E-state index in [2.05, 4.69) is 87.1 Å². The number of Topliss-reactive ketones (excluding diaryl/α,β-unsaturated/α-hetero) is 2. The number of ketones is 2. The van der Waals surface area contributed by atoms with E-state index in [1.807, 2.05) is 0 Å². The maximum atomic E-state index is 13.3. The Labute approximate surface area is 661 Å². The fourth-order valence-corrected chi connectivity index (χ4v) is 13.9. The average Bonchev–Trinajstić information content (AvgIpc) is 0.913. The van der Waals surface area contributed by atoms with Gasteiger partial charge in [0.05, 0.1) is 77.8 Å². The van der Waals surface area contributed by atoms with Gasteiger partial charge in [0.2, 0.25) is 11.8 Å². The summed E-state index contributed by atoms with van der Waals surface area (Å²) in [6.45, 7) is 9.89. The van der Waals surface area contributed by atoms with E-state index in [1.54, 1.807) is 0 Å². The Bertz CT molecular complexity index is 2380. The summed E-state index contributed by atoms with van der Waals surface area (Å²) in [6.07, 6.45) is 55.7. The van der Waals surface area contributed by atoms with Crippen LogP contribution in [0, 0.1) is 0 Å². The van der Waals surface area contributed by atoms with E-state index < -0.39 is 97.1 Å². The zero-order chi connectivity index (χ0) is 80.2. The minimum Gasteiger partial charge on any atom is -0.756 e. The van der Waals surface area contributed by atoms with Crippen LogP contribution in [-0.4, -0.2) is 132 Å². The first kappa shape index (κ1) is 105. The van der Waals surface area contributed by atoms with E-state index >= 15 is 0 Å². The Hall–Kier alpha value is -3.89. The predicted octanol–water partition coefficient (Wildman–Crippen LogP) is 19.2. The molecule has 0 heterocycles. The van der Waals surface area contributed by atoms with Crippen LogP contribution in [0.5, 0.6) is 0 Å². The van der Waals surface area contributed by atoms with Gasteiger partial charge in [-0.1, -0.05) is 265 Å². The summed E-state index contributed by atoms with van der Waals surface area (Å²) < 4.78 is 70.4. The number of phosphoric ester groups is 2. The van der Waals surface area contributed by atoms with Crippen molar-refractivity contribution in [1.29, 1.82) is 0 Å². The van der Waals surface area contributed by atoms with Crippen molar-refractivity contribution in [3.8, 4) is 0 Å². The van der Waals surface area contributed by atoms with Crippen LogP contribution in [0.25, 0.3) is 0 Å². The van der Waals surface area contributed by atoms with Gasteiger partial charge in [0, 0.05) is 51.6 Å². The summed E-state index contributed by atoms with van der Waals surface area (Å²) in [5.41, 5.74) is 0. The van der Waals surface area contributed by atoms with Gasteiger partial charge < -0.3 is 68.1 Å². The number of carbonyl (C=O) groups is 7. The standard InChI is InChI=1S/C84H158N4O19P2/c1-7-13-19-25-29-33-37-39-45-49-55-77(90)69-81(92)88-75(71-101-65-61-79(57-51-43-24-18-12-6)107-83(94)59-53-47-41-36-32-28-22-16-10-4)73-105-109(98,99)103-67-63-86-84(95)85-62-66-102-108(96,97)104-72-74(87-80(91)68-76(89)54-48-44-38-34-30-26-20-14-8-2)70-100-64-60-78(56-50-42-23-17-11-5)106-82(93)58-52-46-40-35-31-27-21-15-9-3/h35-36,40-41,74-75,78-79H,7-34,37-39,42-73H2,1-6H3,(H,87,91)(H,88,92)(H,96,97)(H,98,99)(H2,85,86,95)/p-2/b40-35-,41-36-. The van der Waals surface area contributed by atoms with Crippen molar-refractivity contribution in [3.63, 3.8) is 0 Å². The van der Waals surface area contributed by atoms with Crippen LogP contribution in [-0.2, 0) is 74.9 Å². The molecule has 0 spiro atoms. The quantitative estimate of drug-likeness (QED) is 0.0144. The smallest absolute Gasteiger partial charge is 0.314 e. The Morgan fingerprint density at radius 2 is 0.624 bits per heavy atom. The highest BCUT2D eigenvalue weighted by Crippen LogP contribution is 2.39. The molecule has 0 aromatic heterocycles. The average molecular weight is 1590 g/mol. The summed E-state index contributed by atoms with van der Waals surface area (Å²) in [5.74, 6) is -2.27. The van der Waals surface area contributed by atoms with Gasteiger partial charge >= 0.3 is 18.0 Å². The first-order chi connectivity index (χ1) is 52.8. The lowest BCUT2D eigenvalue weighted by molar-refractivity contribution is -0.227. The number of amides is 4. The van der Waals surface area contributed by atoms with Gasteiger partial charge in [0.1, 0.15) is 23.8 Å². The molecule has 0 radical (unpaired) electrons. The minimum absolute atomic E-state index is 0.122. The Balaban J connectivity index is 5.72. The van der Waals surface area contributed by atoms with Gasteiger partial charge in [-0.2, -0.15) is 0 Å². The molecule has 6 atom stereocenters. The van der Waals surface area contributed by atoms with Crippen molar-refractivity contribution in [2.75, 3.05) is 65.9 Å². The van der Waals surface area contributed by atoms with Crippen molar-refractivity contribution in [2.45, 2.75) is 406 Å². The number of nitrogens with one attached hydrogen (secondary N) is 4. The molecule has 6 unspecified atom stereocenters. The van der Waals surface area contributed by atoms with E-state index in [4.69, 9.17) is 37.0 Å². The summed E-state index contributed by atoms with van der Waals surface area (Å²) in [4.78, 5) is 117. The Morgan fingerprint density at radius 1 is 0.330 bits per heavy atom. The van der Waals surface area contributed by atoms with Crippen molar-refractivity contribution >= 4 is 57.0 Å². The Morgan fingerprint density at radius 3 is 0.954 bits per heavy atom. The maximum Gasteiger partial charge on any atom is 0.314 e. The molecule has 0 aromatic carbocycles. The lowest BCUT2D eigenvalue weighted by Gasteiger charge is -2.26. The number of ether oxygens (including phenoxy) is 4. The molecule has 23 nitrogen and oxygen atoms in total. The van der Waals surface area contributed by atoms with Gasteiger partial charge in [-0.3, -0.25) is 37.9 Å². The highest BCUT2D eigenvalue weighted by Gasteiger charge is 2.24. The molecule has 0 fully saturated rings. The molecule has 0 aliphatic heterocycles. The topological polar surface area (TPSA) is 322 Å². The number of rotatable bonds is 83. The molecule has 0 aliphatic carbocycles. The first-order valence-corrected chi connectivity index (χ1v) is 46.4. The molecular weight excluding hydrogens is 1430 g/mol. The predicted molar refractivity (Wildman–Crippen MR) is 433 cm³/mol. The Kier molecular flexibility index (Phi) is 74.0. The van der Waals surface area contributed by atoms with Gasteiger partial charge in [0.25, 0.3) is 15.6 Å². The number of carbonyl (C=O) groups excluding carboxylic acids is 7. The lowest BCUT2D eigenvalue weighted by Crippen LogP contribution is -2.42. The molecule has 0 saturated carbocycles. The molecular formula is C84H156N4O19P2-2. The number of phosphoric acid groups is 2. The maximum absolute atomic E-state index is 13.3. The summed E-state index contributed by atoms with van der Waals surface area (Å²) in [6, 6.07) is -2.88. The summed E-state index contributed by atoms with van der Waals surface area (Å²) in [7, 11) is -10.1. The molecule has 4 N–H and O–H groups in total. The summed E-state index contributed by atoms with van der Waals surface area (Å²) in [5, 5.41) is 10.2. The van der Waals surface area contributed by atoms with E-state index in [0.29, 0.717) is 64.2 Å². The monoisotopic (exact) mass is 1590 g/mol. The van der Waals surface area contributed by atoms with E-state index in [-0.39, 0.29) is 75.9 Å². The lowest BCUT2D eigenvalue weighted by atomic mass is 10.0. The van der Waals surface area contributed by atoms with Crippen molar-refractivity contribution in [2.24, 2.45) is 0 Å². The first-order valence-electron chi connectivity index (χ1n) is 43.5. The van der Waals surface area contributed by atoms with Gasteiger partial charge in [-0.05, 0) is 89.9 Å². The molecule has 0 bridgehead atoms. The second-order valence-electron chi connectivity index (χ2n) is 29.6. The van der Waals surface area contributed by atoms with E-state index in [9.17, 15) is 52.5 Å². The number of urea groups is 1. The molecule has 0 rings (SSSR count). The third kappa shape index (κ3) is 74.0. The third-order valence-corrected chi connectivity index (χ3v) is 20.8. The highest BCUT2D eigenvalue weighted by atomic mass is 31.2. The number of hydrogen-bond acceptors (Lipinski definition) is 19. The fourth-order valence-electron chi connectivity index (χ4n) is 12.4. The van der Waals surface area contributed by atoms with Crippen LogP contribution in [0.1, 0.15) is 382 Å². The molecule has 25 heteroatoms. The number of allylic oxidation sites excluding steroid dienone is 4. The minimum atomic E-state index is -5.06. The van der Waals surface area contributed by atoms with Crippen LogP contribution in [0.15, 0.2) is 24.3 Å². The number of unbranched alkanes of at least 4 members (excludes halogenated alkanes) is 35. The molecule has 0 aromatic rings. The van der Waals surface area contributed by atoms with Gasteiger partial charge in [-0.15, -0.1) is 0 Å².